The van der Waals surface area contributed by atoms with Crippen molar-refractivity contribution >= 4 is 0 Å². The van der Waals surface area contributed by atoms with Crippen LogP contribution < -0.4 is 5.32 Å². The molecule has 1 atom stereocenters. The summed E-state index contributed by atoms with van der Waals surface area (Å²) in [7, 11) is 1.80. The first-order valence-corrected chi connectivity index (χ1v) is 7.25. The van der Waals surface area contributed by atoms with Crippen LogP contribution in [0.1, 0.15) is 27.7 Å². The number of nitrogens with zero attached hydrogens (tertiary/aromatic N) is 2. The maximum Gasteiger partial charge on any atom is 0.0630 e. The van der Waals surface area contributed by atoms with E-state index in [1.165, 1.54) is 6.54 Å². The first-order chi connectivity index (χ1) is 8.54. The molecular formula is C14H31N3O. The standard InChI is InChI=1S/C14H31N3O/c1-12(2)15-6-7-16-8-9-17(13(3)4)10-14(16)11-18-5/h12-15H,6-11H2,1-5H3/t14-/m0/s1. The summed E-state index contributed by atoms with van der Waals surface area (Å²) in [6, 6.07) is 1.75. The van der Waals surface area contributed by atoms with E-state index >= 15 is 0 Å². The van der Waals surface area contributed by atoms with Crippen molar-refractivity contribution in [1.29, 1.82) is 0 Å². The minimum Gasteiger partial charge on any atom is -0.383 e. The monoisotopic (exact) mass is 257 g/mol. The van der Waals surface area contributed by atoms with Gasteiger partial charge in [-0.15, -0.1) is 0 Å². The normalized spacial score (nSPS) is 23.2. The van der Waals surface area contributed by atoms with Crippen LogP contribution in [-0.4, -0.2) is 74.4 Å². The molecule has 18 heavy (non-hydrogen) atoms. The van der Waals surface area contributed by atoms with Gasteiger partial charge in [-0.25, -0.2) is 0 Å². The van der Waals surface area contributed by atoms with Crippen LogP contribution in [0.15, 0.2) is 0 Å². The van der Waals surface area contributed by atoms with E-state index in [-0.39, 0.29) is 0 Å². The maximum atomic E-state index is 5.38. The first-order valence-electron chi connectivity index (χ1n) is 7.25. The van der Waals surface area contributed by atoms with Crippen LogP contribution in [0.3, 0.4) is 0 Å². The average molecular weight is 257 g/mol. The van der Waals surface area contributed by atoms with Crippen molar-refractivity contribution in [2.45, 2.75) is 45.8 Å². The quantitative estimate of drug-likeness (QED) is 0.737. The summed E-state index contributed by atoms with van der Waals surface area (Å²) in [6.07, 6.45) is 0. The van der Waals surface area contributed by atoms with Gasteiger partial charge in [0.25, 0.3) is 0 Å². The third kappa shape index (κ3) is 5.22. The van der Waals surface area contributed by atoms with Gasteiger partial charge in [0.1, 0.15) is 0 Å². The lowest BCUT2D eigenvalue weighted by atomic mass is 10.1. The van der Waals surface area contributed by atoms with Crippen molar-refractivity contribution in [1.82, 2.24) is 15.1 Å². The predicted octanol–water partition coefficient (Wildman–Crippen LogP) is 1.03. The minimum absolute atomic E-state index is 0.542. The molecule has 0 aromatic carbocycles. The molecule has 0 aromatic rings. The van der Waals surface area contributed by atoms with E-state index in [4.69, 9.17) is 4.74 Å². The van der Waals surface area contributed by atoms with Crippen LogP contribution >= 0.6 is 0 Å². The molecular weight excluding hydrogens is 226 g/mol. The Hall–Kier alpha value is -0.160. The highest BCUT2D eigenvalue weighted by atomic mass is 16.5. The van der Waals surface area contributed by atoms with Crippen molar-refractivity contribution in [3.63, 3.8) is 0 Å². The van der Waals surface area contributed by atoms with Gasteiger partial charge in [-0.1, -0.05) is 13.8 Å². The van der Waals surface area contributed by atoms with Gasteiger partial charge in [-0.3, -0.25) is 9.80 Å². The largest absolute Gasteiger partial charge is 0.383 e. The van der Waals surface area contributed by atoms with E-state index in [2.05, 4.69) is 42.8 Å². The highest BCUT2D eigenvalue weighted by Crippen LogP contribution is 2.12. The second kappa shape index (κ2) is 8.10. The fourth-order valence-corrected chi connectivity index (χ4v) is 2.53. The Balaban J connectivity index is 2.40. The summed E-state index contributed by atoms with van der Waals surface area (Å²) in [5.74, 6) is 0. The fraction of sp³-hybridized carbons (Fsp3) is 1.00. The molecule has 1 aliphatic heterocycles. The molecule has 1 fully saturated rings. The molecule has 1 saturated heterocycles. The van der Waals surface area contributed by atoms with E-state index in [9.17, 15) is 0 Å². The summed E-state index contributed by atoms with van der Waals surface area (Å²) in [5, 5.41) is 3.49. The number of hydrogen-bond acceptors (Lipinski definition) is 4. The van der Waals surface area contributed by atoms with Gasteiger partial charge in [0.15, 0.2) is 0 Å². The lowest BCUT2D eigenvalue weighted by Crippen LogP contribution is -2.57. The molecule has 0 radical (unpaired) electrons. The highest BCUT2D eigenvalue weighted by molar-refractivity contribution is 4.83. The zero-order valence-corrected chi connectivity index (χ0v) is 12.8. The number of piperazine rings is 1. The predicted molar refractivity (Wildman–Crippen MR) is 77.1 cm³/mol. The molecule has 0 amide bonds. The number of methoxy groups -OCH3 is 1. The lowest BCUT2D eigenvalue weighted by molar-refractivity contribution is 0.0148. The summed E-state index contributed by atoms with van der Waals surface area (Å²) >= 11 is 0. The van der Waals surface area contributed by atoms with Crippen LogP contribution in [0, 0.1) is 0 Å². The zero-order chi connectivity index (χ0) is 13.5. The maximum absolute atomic E-state index is 5.38. The topological polar surface area (TPSA) is 27.7 Å². The molecule has 1 N–H and O–H groups in total. The molecule has 1 heterocycles. The third-order valence-electron chi connectivity index (χ3n) is 3.68. The Morgan fingerprint density at radius 1 is 1.22 bits per heavy atom. The molecule has 108 valence electrons. The molecule has 0 saturated carbocycles. The van der Waals surface area contributed by atoms with Crippen molar-refractivity contribution in [2.24, 2.45) is 0 Å². The molecule has 0 unspecified atom stereocenters. The summed E-state index contributed by atoms with van der Waals surface area (Å²) in [5.41, 5.74) is 0. The number of ether oxygens (including phenoxy) is 1. The van der Waals surface area contributed by atoms with Gasteiger partial charge in [-0.05, 0) is 13.8 Å². The summed E-state index contributed by atoms with van der Waals surface area (Å²) in [4.78, 5) is 5.12. The van der Waals surface area contributed by atoms with Crippen LogP contribution in [0.25, 0.3) is 0 Å². The second-order valence-corrected chi connectivity index (χ2v) is 5.84. The van der Waals surface area contributed by atoms with E-state index in [0.717, 1.165) is 32.8 Å². The molecule has 1 aliphatic rings. The van der Waals surface area contributed by atoms with Gasteiger partial charge in [-0.2, -0.15) is 0 Å². The zero-order valence-electron chi connectivity index (χ0n) is 12.8. The third-order valence-corrected chi connectivity index (χ3v) is 3.68. The average Bonchev–Trinajstić information content (AvgIpc) is 2.30. The Labute approximate surface area is 113 Å². The molecule has 0 spiro atoms. The van der Waals surface area contributed by atoms with Crippen LogP contribution in [0.2, 0.25) is 0 Å². The Morgan fingerprint density at radius 3 is 2.50 bits per heavy atom. The number of rotatable bonds is 7. The Bertz CT molecular complexity index is 219. The summed E-state index contributed by atoms with van der Waals surface area (Å²) in [6.45, 7) is 15.5. The van der Waals surface area contributed by atoms with Crippen LogP contribution in [-0.2, 0) is 4.74 Å². The Morgan fingerprint density at radius 2 is 1.94 bits per heavy atom. The van der Waals surface area contributed by atoms with Crippen molar-refractivity contribution in [3.8, 4) is 0 Å². The van der Waals surface area contributed by atoms with E-state index in [1.807, 2.05) is 0 Å². The molecule has 4 heteroatoms. The first kappa shape index (κ1) is 15.9. The van der Waals surface area contributed by atoms with Crippen LogP contribution in [0.5, 0.6) is 0 Å². The number of nitrogens with one attached hydrogen (secondary N) is 1. The van der Waals surface area contributed by atoms with E-state index in [1.54, 1.807) is 7.11 Å². The van der Waals surface area contributed by atoms with Gasteiger partial charge in [0, 0.05) is 58.0 Å². The highest BCUT2D eigenvalue weighted by Gasteiger charge is 2.27. The van der Waals surface area contributed by atoms with E-state index in [0.29, 0.717) is 18.1 Å². The molecule has 4 nitrogen and oxygen atoms in total. The molecule has 0 aromatic heterocycles. The van der Waals surface area contributed by atoms with Crippen molar-refractivity contribution in [2.75, 3.05) is 46.4 Å². The van der Waals surface area contributed by atoms with Crippen LogP contribution in [0.4, 0.5) is 0 Å². The number of hydrogen-bond donors (Lipinski definition) is 1. The van der Waals surface area contributed by atoms with Gasteiger partial charge in [0.05, 0.1) is 6.61 Å². The minimum atomic E-state index is 0.542. The smallest absolute Gasteiger partial charge is 0.0630 e. The van der Waals surface area contributed by atoms with Gasteiger partial charge in [0.2, 0.25) is 0 Å². The SMILES string of the molecule is COC[C@@H]1CN(C(C)C)CCN1CCNC(C)C. The van der Waals surface area contributed by atoms with Crippen molar-refractivity contribution < 1.29 is 4.74 Å². The fourth-order valence-electron chi connectivity index (χ4n) is 2.53. The van der Waals surface area contributed by atoms with Crippen molar-refractivity contribution in [3.05, 3.63) is 0 Å². The van der Waals surface area contributed by atoms with Gasteiger partial charge >= 0.3 is 0 Å². The van der Waals surface area contributed by atoms with Gasteiger partial charge < -0.3 is 10.1 Å². The molecule has 0 bridgehead atoms. The Kier molecular flexibility index (Phi) is 7.15. The summed E-state index contributed by atoms with van der Waals surface area (Å²) < 4.78 is 5.38. The van der Waals surface area contributed by atoms with E-state index < -0.39 is 0 Å². The lowest BCUT2D eigenvalue weighted by Gasteiger charge is -2.43. The molecule has 0 aliphatic carbocycles. The second-order valence-electron chi connectivity index (χ2n) is 5.84. The molecule has 1 rings (SSSR count).